The molecule has 2 saturated heterocycles. The van der Waals surface area contributed by atoms with Gasteiger partial charge >= 0.3 is 5.97 Å². The van der Waals surface area contributed by atoms with E-state index in [4.69, 9.17) is 16.3 Å². The van der Waals surface area contributed by atoms with E-state index in [0.717, 1.165) is 17.7 Å². The fourth-order valence-electron chi connectivity index (χ4n) is 8.33. The largest absolute Gasteiger partial charge is 0.456 e. The Labute approximate surface area is 247 Å². The molecule has 4 fully saturated rings. The zero-order valence-electron chi connectivity index (χ0n) is 22.9. The highest BCUT2D eigenvalue weighted by Crippen LogP contribution is 2.54. The van der Waals surface area contributed by atoms with Crippen molar-refractivity contribution in [2.24, 2.45) is 47.3 Å². The number of halogens is 1. The van der Waals surface area contributed by atoms with E-state index in [2.05, 4.69) is 12.2 Å². The highest BCUT2D eigenvalue weighted by molar-refractivity contribution is 6.30. The lowest BCUT2D eigenvalue weighted by atomic mass is 9.85. The standard InChI is InChI=1S/C32H31ClN2O7/c33-21-10-8-16(9-11-21)23(36)15-42-32(41)22(35-30(39)26-19-6-7-20(14-19)27(26)31(35)40)3-1-2-12-34-28(37)24-17-4-5-18(13-17)25(24)29(34)38/h4-11,17-20,22,24-27H,1-3,12-15H2/t17-,18-,19-,20-,22-,24-,25+,26-,27+/m0/s1. The first kappa shape index (κ1) is 27.3. The van der Waals surface area contributed by atoms with Crippen LogP contribution in [0.25, 0.3) is 0 Å². The van der Waals surface area contributed by atoms with Crippen LogP contribution in [0.15, 0.2) is 48.6 Å². The summed E-state index contributed by atoms with van der Waals surface area (Å²) in [5.74, 6) is -3.47. The second-order valence-electron chi connectivity index (χ2n) is 12.4. The lowest BCUT2D eigenvalue weighted by molar-refractivity contribution is -0.159. The molecule has 4 bridgehead atoms. The molecule has 4 aliphatic carbocycles. The van der Waals surface area contributed by atoms with Crippen LogP contribution in [0.4, 0.5) is 0 Å². The molecule has 7 rings (SSSR count). The Hall–Kier alpha value is -3.59. The molecule has 10 heteroatoms. The summed E-state index contributed by atoms with van der Waals surface area (Å²) in [7, 11) is 0. The second-order valence-corrected chi connectivity index (χ2v) is 12.9. The van der Waals surface area contributed by atoms with Gasteiger partial charge in [0, 0.05) is 17.1 Å². The zero-order valence-corrected chi connectivity index (χ0v) is 23.7. The predicted molar refractivity (Wildman–Crippen MR) is 148 cm³/mol. The maximum atomic E-state index is 13.5. The summed E-state index contributed by atoms with van der Waals surface area (Å²) in [6, 6.07) is 5.00. The van der Waals surface area contributed by atoms with Crippen molar-refractivity contribution >= 4 is 47.0 Å². The topological polar surface area (TPSA) is 118 Å². The van der Waals surface area contributed by atoms with Crippen LogP contribution in [0.5, 0.6) is 0 Å². The predicted octanol–water partition coefficient (Wildman–Crippen LogP) is 3.22. The highest BCUT2D eigenvalue weighted by Gasteiger charge is 2.61. The number of Topliss-reactive ketones (excluding diaryl/α,β-unsaturated/α-hetero) is 1. The molecule has 0 radical (unpaired) electrons. The third-order valence-corrected chi connectivity index (χ3v) is 10.5. The van der Waals surface area contributed by atoms with E-state index in [-0.39, 0.29) is 72.1 Å². The third kappa shape index (κ3) is 4.19. The summed E-state index contributed by atoms with van der Waals surface area (Å²) >= 11 is 5.89. The molecule has 0 spiro atoms. The first-order valence-corrected chi connectivity index (χ1v) is 15.2. The summed E-state index contributed by atoms with van der Waals surface area (Å²) in [4.78, 5) is 81.5. The number of rotatable bonds is 10. The Morgan fingerprint density at radius 3 is 1.79 bits per heavy atom. The van der Waals surface area contributed by atoms with Gasteiger partial charge in [0.05, 0.1) is 23.7 Å². The Morgan fingerprint density at radius 1 is 0.762 bits per heavy atom. The van der Waals surface area contributed by atoms with E-state index < -0.39 is 36.2 Å². The summed E-state index contributed by atoms with van der Waals surface area (Å²) in [6.07, 6.45) is 10.6. The molecule has 1 aromatic rings. The number of ketones is 1. The molecule has 9 atom stereocenters. The maximum absolute atomic E-state index is 13.5. The van der Waals surface area contributed by atoms with Gasteiger partial charge in [-0.05, 0) is 80.0 Å². The van der Waals surface area contributed by atoms with Crippen molar-refractivity contribution in [3.05, 3.63) is 59.2 Å². The fourth-order valence-corrected chi connectivity index (χ4v) is 8.45. The number of carbonyl (C=O) groups excluding carboxylic acids is 6. The van der Waals surface area contributed by atoms with Gasteiger partial charge in [-0.1, -0.05) is 35.9 Å². The van der Waals surface area contributed by atoms with E-state index in [0.29, 0.717) is 23.4 Å². The number of carbonyl (C=O) groups is 6. The van der Waals surface area contributed by atoms with Gasteiger partial charge in [0.25, 0.3) is 0 Å². The van der Waals surface area contributed by atoms with Crippen molar-refractivity contribution in [2.45, 2.75) is 38.1 Å². The Bertz CT molecular complexity index is 1390. The fraction of sp³-hybridized carbons (Fsp3) is 0.500. The molecule has 2 aliphatic heterocycles. The van der Waals surface area contributed by atoms with E-state index in [1.165, 1.54) is 17.0 Å². The molecule has 42 heavy (non-hydrogen) atoms. The number of hydrogen-bond donors (Lipinski definition) is 0. The molecular weight excluding hydrogens is 560 g/mol. The average Bonchev–Trinajstić information content (AvgIpc) is 3.83. The average molecular weight is 591 g/mol. The van der Waals surface area contributed by atoms with Gasteiger partial charge in [0.15, 0.2) is 12.4 Å². The van der Waals surface area contributed by atoms with Crippen LogP contribution < -0.4 is 0 Å². The highest BCUT2D eigenvalue weighted by atomic mass is 35.5. The van der Waals surface area contributed by atoms with Crippen molar-refractivity contribution in [1.82, 2.24) is 9.80 Å². The van der Waals surface area contributed by atoms with Gasteiger partial charge in [-0.3, -0.25) is 33.8 Å². The molecule has 218 valence electrons. The van der Waals surface area contributed by atoms with Crippen molar-refractivity contribution in [3.8, 4) is 0 Å². The van der Waals surface area contributed by atoms with Crippen LogP contribution in [0, 0.1) is 47.3 Å². The third-order valence-electron chi connectivity index (χ3n) is 10.3. The zero-order chi connectivity index (χ0) is 29.3. The molecule has 9 nitrogen and oxygen atoms in total. The van der Waals surface area contributed by atoms with Crippen LogP contribution >= 0.6 is 11.6 Å². The molecule has 2 heterocycles. The molecule has 2 saturated carbocycles. The van der Waals surface area contributed by atoms with Crippen LogP contribution in [-0.2, 0) is 28.7 Å². The number of benzene rings is 1. The number of likely N-dealkylation sites (tertiary alicyclic amines) is 2. The smallest absolute Gasteiger partial charge is 0.329 e. The first-order chi connectivity index (χ1) is 20.2. The van der Waals surface area contributed by atoms with Gasteiger partial charge in [-0.15, -0.1) is 0 Å². The van der Waals surface area contributed by atoms with Gasteiger partial charge in [0.2, 0.25) is 23.6 Å². The first-order valence-electron chi connectivity index (χ1n) is 14.8. The van der Waals surface area contributed by atoms with Gasteiger partial charge in [-0.2, -0.15) is 0 Å². The van der Waals surface area contributed by atoms with Gasteiger partial charge < -0.3 is 4.74 Å². The van der Waals surface area contributed by atoms with E-state index in [1.54, 1.807) is 12.1 Å². The summed E-state index contributed by atoms with van der Waals surface area (Å²) in [6.45, 7) is -0.315. The van der Waals surface area contributed by atoms with Crippen LogP contribution in [-0.4, -0.2) is 64.4 Å². The van der Waals surface area contributed by atoms with Gasteiger partial charge in [-0.25, -0.2) is 4.79 Å². The summed E-state index contributed by atoms with van der Waals surface area (Å²) in [5.41, 5.74) is 0.322. The van der Waals surface area contributed by atoms with Crippen LogP contribution in [0.3, 0.4) is 0 Å². The summed E-state index contributed by atoms with van der Waals surface area (Å²) < 4.78 is 5.39. The minimum atomic E-state index is -1.18. The number of amides is 4. The number of allylic oxidation sites excluding steroid dienone is 4. The number of hydrogen-bond acceptors (Lipinski definition) is 7. The molecule has 4 amide bonds. The number of nitrogens with zero attached hydrogens (tertiary/aromatic N) is 2. The van der Waals surface area contributed by atoms with Crippen molar-refractivity contribution in [3.63, 3.8) is 0 Å². The van der Waals surface area contributed by atoms with Crippen LogP contribution in [0.2, 0.25) is 5.02 Å². The molecule has 1 aromatic carbocycles. The van der Waals surface area contributed by atoms with Crippen molar-refractivity contribution in [2.75, 3.05) is 13.2 Å². The van der Waals surface area contributed by atoms with Gasteiger partial charge in [0.1, 0.15) is 6.04 Å². The quantitative estimate of drug-likeness (QED) is 0.135. The van der Waals surface area contributed by atoms with E-state index in [1.807, 2.05) is 12.2 Å². The SMILES string of the molecule is O=C(COC(=O)[C@H](CCCCN1C(=O)[C@@H]2[C@H](C1=O)[C@H]1C=C[C@H]2C1)N1C(=O)[C@@H]2[C@H](C1=O)[C@H]1C=C[C@H]2C1)c1ccc(Cl)cc1. The van der Waals surface area contributed by atoms with Crippen molar-refractivity contribution < 1.29 is 33.5 Å². The molecule has 0 aromatic heterocycles. The monoisotopic (exact) mass is 590 g/mol. The number of esters is 1. The summed E-state index contributed by atoms with van der Waals surface area (Å²) in [5, 5.41) is 0.466. The lowest BCUT2D eigenvalue weighted by Gasteiger charge is -2.26. The number of imide groups is 2. The molecular formula is C32H31ClN2O7. The number of ether oxygens (including phenoxy) is 1. The van der Waals surface area contributed by atoms with Crippen LogP contribution in [0.1, 0.15) is 42.5 Å². The Kier molecular flexibility index (Phi) is 6.68. The Balaban J connectivity index is 1.02. The minimum absolute atomic E-state index is 0.0129. The second kappa shape index (κ2) is 10.3. The van der Waals surface area contributed by atoms with E-state index in [9.17, 15) is 28.8 Å². The number of unbranched alkanes of at least 4 members (excludes halogenated alkanes) is 1. The molecule has 0 N–H and O–H groups in total. The number of fused-ring (bicyclic) bond motifs is 10. The minimum Gasteiger partial charge on any atom is -0.456 e. The lowest BCUT2D eigenvalue weighted by Crippen LogP contribution is -2.47. The molecule has 0 unspecified atom stereocenters. The Morgan fingerprint density at radius 2 is 1.26 bits per heavy atom. The normalized spacial score (nSPS) is 34.1. The van der Waals surface area contributed by atoms with E-state index >= 15 is 0 Å². The maximum Gasteiger partial charge on any atom is 0.329 e. The molecule has 6 aliphatic rings. The van der Waals surface area contributed by atoms with Crippen molar-refractivity contribution in [1.29, 1.82) is 0 Å².